The Kier molecular flexibility index (Phi) is 5.89. The predicted molar refractivity (Wildman–Crippen MR) is 81.7 cm³/mol. The first-order chi connectivity index (χ1) is 9.86. The van der Waals surface area contributed by atoms with Crippen LogP contribution in [0.5, 0.6) is 0 Å². The molecule has 0 radical (unpaired) electrons. The number of hydrogen-bond acceptors (Lipinski definition) is 4. The smallest absolute Gasteiger partial charge is 0.0934 e. The van der Waals surface area contributed by atoms with Gasteiger partial charge in [-0.05, 0) is 37.4 Å². The summed E-state index contributed by atoms with van der Waals surface area (Å²) in [7, 11) is 1.75. The molecular formula is C16H23N3O. The van der Waals surface area contributed by atoms with Crippen molar-refractivity contribution in [2.45, 2.75) is 32.2 Å². The SMILES string of the molecule is CCCNC(CCCOC)c1cccc2nccnc12. The normalized spacial score (nSPS) is 12.7. The highest BCUT2D eigenvalue weighted by Gasteiger charge is 2.14. The number of para-hydroxylation sites is 1. The summed E-state index contributed by atoms with van der Waals surface area (Å²) < 4.78 is 5.16. The quantitative estimate of drug-likeness (QED) is 0.751. The van der Waals surface area contributed by atoms with Crippen LogP contribution in [0.1, 0.15) is 37.8 Å². The third-order valence-corrected chi connectivity index (χ3v) is 3.39. The molecule has 108 valence electrons. The van der Waals surface area contributed by atoms with E-state index in [9.17, 15) is 0 Å². The van der Waals surface area contributed by atoms with Crippen LogP contribution in [0.15, 0.2) is 30.6 Å². The van der Waals surface area contributed by atoms with Gasteiger partial charge in [-0.15, -0.1) is 0 Å². The first kappa shape index (κ1) is 14.9. The molecule has 1 heterocycles. The fraction of sp³-hybridized carbons (Fsp3) is 0.500. The molecule has 20 heavy (non-hydrogen) atoms. The Morgan fingerprint density at radius 1 is 1.25 bits per heavy atom. The molecule has 0 aliphatic rings. The summed E-state index contributed by atoms with van der Waals surface area (Å²) in [6, 6.07) is 6.53. The molecular weight excluding hydrogens is 250 g/mol. The zero-order valence-electron chi connectivity index (χ0n) is 12.3. The first-order valence-electron chi connectivity index (χ1n) is 7.28. The van der Waals surface area contributed by atoms with Crippen molar-refractivity contribution in [1.82, 2.24) is 15.3 Å². The summed E-state index contributed by atoms with van der Waals surface area (Å²) in [5, 5.41) is 3.61. The minimum absolute atomic E-state index is 0.311. The molecule has 2 aromatic rings. The van der Waals surface area contributed by atoms with Gasteiger partial charge in [0.15, 0.2) is 0 Å². The number of fused-ring (bicyclic) bond motifs is 1. The van der Waals surface area contributed by atoms with E-state index in [0.29, 0.717) is 6.04 Å². The van der Waals surface area contributed by atoms with Gasteiger partial charge in [0.1, 0.15) is 0 Å². The molecule has 0 spiro atoms. The van der Waals surface area contributed by atoms with E-state index >= 15 is 0 Å². The lowest BCUT2D eigenvalue weighted by atomic mass is 10.00. The van der Waals surface area contributed by atoms with E-state index < -0.39 is 0 Å². The molecule has 4 heteroatoms. The molecule has 0 aliphatic carbocycles. The number of ether oxygens (including phenoxy) is 1. The Labute approximate surface area is 120 Å². The van der Waals surface area contributed by atoms with E-state index in [1.807, 2.05) is 6.07 Å². The first-order valence-corrected chi connectivity index (χ1v) is 7.28. The third-order valence-electron chi connectivity index (χ3n) is 3.39. The standard InChI is InChI=1S/C16H23N3O/c1-3-9-17-14(8-5-12-20-2)13-6-4-7-15-16(13)19-11-10-18-15/h4,6-7,10-11,14,17H,3,5,8-9,12H2,1-2H3. The van der Waals surface area contributed by atoms with E-state index in [1.54, 1.807) is 19.5 Å². The van der Waals surface area contributed by atoms with Gasteiger partial charge in [0, 0.05) is 32.2 Å². The Bertz CT molecular complexity index is 525. The molecule has 4 nitrogen and oxygen atoms in total. The number of hydrogen-bond donors (Lipinski definition) is 1. The molecule has 0 saturated heterocycles. The van der Waals surface area contributed by atoms with Gasteiger partial charge >= 0.3 is 0 Å². The highest BCUT2D eigenvalue weighted by molar-refractivity contribution is 5.78. The molecule has 1 N–H and O–H groups in total. The van der Waals surface area contributed by atoms with E-state index in [2.05, 4.69) is 34.3 Å². The second kappa shape index (κ2) is 7.92. The van der Waals surface area contributed by atoms with Crippen LogP contribution in [0.4, 0.5) is 0 Å². The Morgan fingerprint density at radius 2 is 2.10 bits per heavy atom. The van der Waals surface area contributed by atoms with Crippen LogP contribution in [-0.2, 0) is 4.74 Å². The van der Waals surface area contributed by atoms with Crippen LogP contribution in [0.2, 0.25) is 0 Å². The van der Waals surface area contributed by atoms with Crippen molar-refractivity contribution >= 4 is 11.0 Å². The minimum atomic E-state index is 0.311. The van der Waals surface area contributed by atoms with E-state index in [-0.39, 0.29) is 0 Å². The topological polar surface area (TPSA) is 47.0 Å². The summed E-state index contributed by atoms with van der Waals surface area (Å²) in [6.07, 6.45) is 6.71. The molecule has 0 saturated carbocycles. The van der Waals surface area contributed by atoms with Crippen LogP contribution < -0.4 is 5.32 Å². The molecule has 0 amide bonds. The largest absolute Gasteiger partial charge is 0.385 e. The number of methoxy groups -OCH3 is 1. The number of rotatable bonds is 8. The van der Waals surface area contributed by atoms with Crippen LogP contribution in [-0.4, -0.2) is 30.2 Å². The lowest BCUT2D eigenvalue weighted by molar-refractivity contribution is 0.189. The second-order valence-corrected chi connectivity index (χ2v) is 4.91. The zero-order chi connectivity index (χ0) is 14.2. The van der Waals surface area contributed by atoms with E-state index in [4.69, 9.17) is 4.74 Å². The average molecular weight is 273 g/mol. The highest BCUT2D eigenvalue weighted by atomic mass is 16.5. The molecule has 0 fully saturated rings. The number of benzene rings is 1. The summed E-state index contributed by atoms with van der Waals surface area (Å²) in [5.41, 5.74) is 3.20. The fourth-order valence-electron chi connectivity index (χ4n) is 2.41. The molecule has 1 aromatic carbocycles. The summed E-state index contributed by atoms with van der Waals surface area (Å²) in [5.74, 6) is 0. The Balaban J connectivity index is 2.24. The van der Waals surface area contributed by atoms with Crippen molar-refractivity contribution in [1.29, 1.82) is 0 Å². The van der Waals surface area contributed by atoms with Gasteiger partial charge in [-0.25, -0.2) is 0 Å². The third kappa shape index (κ3) is 3.74. The molecule has 1 atom stereocenters. The maximum atomic E-state index is 5.16. The summed E-state index contributed by atoms with van der Waals surface area (Å²) in [6.45, 7) is 3.98. The van der Waals surface area contributed by atoms with E-state index in [0.717, 1.165) is 43.4 Å². The van der Waals surface area contributed by atoms with Crippen LogP contribution in [0.3, 0.4) is 0 Å². The number of aromatic nitrogens is 2. The van der Waals surface area contributed by atoms with Crippen LogP contribution in [0, 0.1) is 0 Å². The lowest BCUT2D eigenvalue weighted by Crippen LogP contribution is -2.23. The summed E-state index contributed by atoms with van der Waals surface area (Å²) >= 11 is 0. The van der Waals surface area contributed by atoms with Gasteiger partial charge in [-0.1, -0.05) is 19.1 Å². The monoisotopic (exact) mass is 273 g/mol. The van der Waals surface area contributed by atoms with Crippen molar-refractivity contribution in [2.75, 3.05) is 20.3 Å². The molecule has 1 unspecified atom stereocenters. The van der Waals surface area contributed by atoms with Crippen molar-refractivity contribution in [2.24, 2.45) is 0 Å². The van der Waals surface area contributed by atoms with Gasteiger partial charge in [0.05, 0.1) is 11.0 Å². The average Bonchev–Trinajstić information content (AvgIpc) is 2.50. The second-order valence-electron chi connectivity index (χ2n) is 4.91. The molecule has 0 bridgehead atoms. The van der Waals surface area contributed by atoms with Gasteiger partial charge in [-0.2, -0.15) is 0 Å². The number of nitrogens with zero attached hydrogens (tertiary/aromatic N) is 2. The van der Waals surface area contributed by atoms with Crippen LogP contribution in [0.25, 0.3) is 11.0 Å². The lowest BCUT2D eigenvalue weighted by Gasteiger charge is -2.20. The van der Waals surface area contributed by atoms with Gasteiger partial charge < -0.3 is 10.1 Å². The molecule has 1 aromatic heterocycles. The van der Waals surface area contributed by atoms with Crippen molar-refractivity contribution in [3.8, 4) is 0 Å². The Hall–Kier alpha value is -1.52. The van der Waals surface area contributed by atoms with Crippen LogP contribution >= 0.6 is 0 Å². The minimum Gasteiger partial charge on any atom is -0.385 e. The maximum Gasteiger partial charge on any atom is 0.0934 e. The maximum absolute atomic E-state index is 5.16. The van der Waals surface area contributed by atoms with Gasteiger partial charge in [0.2, 0.25) is 0 Å². The van der Waals surface area contributed by atoms with Crippen molar-refractivity contribution in [3.63, 3.8) is 0 Å². The summed E-state index contributed by atoms with van der Waals surface area (Å²) in [4.78, 5) is 8.89. The van der Waals surface area contributed by atoms with Gasteiger partial charge in [-0.3, -0.25) is 9.97 Å². The molecule has 0 aliphatic heterocycles. The fourth-order valence-corrected chi connectivity index (χ4v) is 2.41. The number of nitrogens with one attached hydrogen (secondary N) is 1. The van der Waals surface area contributed by atoms with Crippen molar-refractivity contribution in [3.05, 3.63) is 36.2 Å². The van der Waals surface area contributed by atoms with Crippen molar-refractivity contribution < 1.29 is 4.74 Å². The van der Waals surface area contributed by atoms with E-state index in [1.165, 1.54) is 5.56 Å². The Morgan fingerprint density at radius 3 is 2.90 bits per heavy atom. The van der Waals surface area contributed by atoms with Gasteiger partial charge in [0.25, 0.3) is 0 Å². The zero-order valence-corrected chi connectivity index (χ0v) is 12.3. The predicted octanol–water partition coefficient (Wildman–Crippen LogP) is 3.10. The highest BCUT2D eigenvalue weighted by Crippen LogP contribution is 2.24. The molecule has 2 rings (SSSR count).